The quantitative estimate of drug-likeness (QED) is 0.369. The van der Waals surface area contributed by atoms with Crippen molar-refractivity contribution in [3.8, 4) is 0 Å². The Kier molecular flexibility index (Phi) is 14.6. The molecule has 0 amide bonds. The summed E-state index contributed by atoms with van der Waals surface area (Å²) in [4.78, 5) is 21.6. The molecule has 0 bridgehead atoms. The van der Waals surface area contributed by atoms with Crippen molar-refractivity contribution < 1.29 is 38.7 Å². The summed E-state index contributed by atoms with van der Waals surface area (Å²) in [6, 6.07) is 0. The van der Waals surface area contributed by atoms with Gasteiger partial charge in [0.25, 0.3) is 0 Å². The minimum Gasteiger partial charge on any atom is -0.303 e. The number of rotatable bonds is 0. The van der Waals surface area contributed by atoms with Gasteiger partial charge in [-0.05, 0) is 0 Å². The second-order valence-corrected chi connectivity index (χ2v) is 1.54. The Morgan fingerprint density at radius 3 is 1.14 bits per heavy atom. The molecule has 0 atom stereocenters. The third kappa shape index (κ3) is 64.7. The maximum Gasteiger partial charge on any atom is 0.466 e. The SMILES string of the molecule is O=P(O)(O)O.[Sr].[Zn]. The molecule has 4 nitrogen and oxygen atoms in total. The summed E-state index contributed by atoms with van der Waals surface area (Å²) in [6.07, 6.45) is 0. The fraction of sp³-hybridized carbons (Fsp3) is 0. The van der Waals surface area contributed by atoms with Gasteiger partial charge in [0.15, 0.2) is 0 Å². The molecule has 0 rings (SSSR count). The van der Waals surface area contributed by atoms with E-state index in [0.717, 1.165) is 0 Å². The van der Waals surface area contributed by atoms with Crippen LogP contribution in [0.25, 0.3) is 0 Å². The van der Waals surface area contributed by atoms with Gasteiger partial charge in [-0.25, -0.2) is 4.57 Å². The van der Waals surface area contributed by atoms with E-state index in [1.54, 1.807) is 0 Å². The minimum atomic E-state index is -4.64. The van der Waals surface area contributed by atoms with Crippen molar-refractivity contribution in [2.75, 3.05) is 0 Å². The molecule has 0 aliphatic carbocycles. The van der Waals surface area contributed by atoms with Gasteiger partial charge in [-0.15, -0.1) is 0 Å². The molecule has 0 aromatic carbocycles. The summed E-state index contributed by atoms with van der Waals surface area (Å²) in [7, 11) is -4.64. The van der Waals surface area contributed by atoms with Gasteiger partial charge in [-0.2, -0.15) is 0 Å². The molecule has 0 aliphatic rings. The fourth-order valence-electron chi connectivity index (χ4n) is 0. The Hall–Kier alpha value is 2.21. The van der Waals surface area contributed by atoms with Gasteiger partial charge >= 0.3 is 7.82 Å². The maximum atomic E-state index is 8.88. The molecule has 7 heteroatoms. The van der Waals surface area contributed by atoms with E-state index >= 15 is 0 Å². The third-order valence-corrected chi connectivity index (χ3v) is 0. The first kappa shape index (κ1) is 16.1. The van der Waals surface area contributed by atoms with Crippen LogP contribution in [0.4, 0.5) is 0 Å². The van der Waals surface area contributed by atoms with Crippen molar-refractivity contribution in [3.63, 3.8) is 0 Å². The van der Waals surface area contributed by atoms with Crippen LogP contribution in [0.1, 0.15) is 0 Å². The topological polar surface area (TPSA) is 77.8 Å². The van der Waals surface area contributed by atoms with Crippen LogP contribution in [0.3, 0.4) is 0 Å². The van der Waals surface area contributed by atoms with E-state index in [4.69, 9.17) is 19.2 Å². The van der Waals surface area contributed by atoms with Crippen LogP contribution in [0.15, 0.2) is 0 Å². The molecule has 0 saturated carbocycles. The van der Waals surface area contributed by atoms with E-state index in [1.165, 1.54) is 0 Å². The van der Waals surface area contributed by atoms with Crippen LogP contribution in [-0.4, -0.2) is 60.2 Å². The molecular formula is H3O4PSrZn. The number of phosphoric acid groups is 1. The molecular weight excluding hydrogens is 248 g/mol. The van der Waals surface area contributed by atoms with Gasteiger partial charge < -0.3 is 14.7 Å². The standard InChI is InChI=1S/H3O4P.Sr.Zn/c1-5(2,3)4;;/h(H3,1,2,3,4);;. The van der Waals surface area contributed by atoms with Gasteiger partial charge in [-0.3, -0.25) is 0 Å². The average molecular weight is 251 g/mol. The predicted octanol–water partition coefficient (Wildman–Crippen LogP) is -1.31. The summed E-state index contributed by atoms with van der Waals surface area (Å²) in [5, 5.41) is 0. The summed E-state index contributed by atoms with van der Waals surface area (Å²) < 4.78 is 8.88. The van der Waals surface area contributed by atoms with E-state index in [0.29, 0.717) is 0 Å². The molecule has 0 saturated heterocycles. The zero-order chi connectivity index (χ0) is 4.50. The minimum absolute atomic E-state index is 0. The summed E-state index contributed by atoms with van der Waals surface area (Å²) in [5.74, 6) is 0. The first-order valence-corrected chi connectivity index (χ1v) is 2.35. The molecule has 0 aromatic rings. The van der Waals surface area contributed by atoms with Gasteiger partial charge in [0.1, 0.15) is 0 Å². The van der Waals surface area contributed by atoms with E-state index in [9.17, 15) is 0 Å². The molecule has 0 spiro atoms. The van der Waals surface area contributed by atoms with Crippen LogP contribution < -0.4 is 0 Å². The van der Waals surface area contributed by atoms with Crippen LogP contribution in [0, 0.1) is 0 Å². The van der Waals surface area contributed by atoms with Crippen molar-refractivity contribution in [1.82, 2.24) is 0 Å². The molecule has 0 aliphatic heterocycles. The van der Waals surface area contributed by atoms with Crippen molar-refractivity contribution in [2.45, 2.75) is 0 Å². The third-order valence-electron chi connectivity index (χ3n) is 0. The Morgan fingerprint density at radius 1 is 1.14 bits per heavy atom. The zero-order valence-electron chi connectivity index (χ0n) is 3.61. The van der Waals surface area contributed by atoms with E-state index in [1.807, 2.05) is 0 Å². The second-order valence-electron chi connectivity index (χ2n) is 0.513. The van der Waals surface area contributed by atoms with Crippen molar-refractivity contribution in [3.05, 3.63) is 0 Å². The van der Waals surface area contributed by atoms with Crippen LogP contribution in [0.5, 0.6) is 0 Å². The molecule has 7 heavy (non-hydrogen) atoms. The Bertz CT molecular complexity index is 57.8. The van der Waals surface area contributed by atoms with Gasteiger partial charge in [-0.1, -0.05) is 0 Å². The van der Waals surface area contributed by atoms with E-state index < -0.39 is 7.82 Å². The zero-order valence-corrected chi connectivity index (χ0v) is 10.9. The summed E-state index contributed by atoms with van der Waals surface area (Å²) in [5.41, 5.74) is 0. The van der Waals surface area contributed by atoms with Gasteiger partial charge in [0, 0.05) is 65.0 Å². The van der Waals surface area contributed by atoms with Crippen LogP contribution in [0.2, 0.25) is 0 Å². The van der Waals surface area contributed by atoms with Gasteiger partial charge in [0.05, 0.1) is 0 Å². The predicted molar refractivity (Wildman–Crippen MR) is 20.0 cm³/mol. The largest absolute Gasteiger partial charge is 0.466 e. The molecule has 3 N–H and O–H groups in total. The maximum absolute atomic E-state index is 8.88. The second kappa shape index (κ2) is 6.34. The number of hydrogen-bond acceptors (Lipinski definition) is 1. The summed E-state index contributed by atoms with van der Waals surface area (Å²) in [6.45, 7) is 0. The Balaban J connectivity index is -0.0000000800. The average Bonchev–Trinajstić information content (AvgIpc) is 0.722. The van der Waals surface area contributed by atoms with Crippen molar-refractivity contribution in [1.29, 1.82) is 0 Å². The molecule has 0 aromatic heterocycles. The van der Waals surface area contributed by atoms with Gasteiger partial charge in [0.2, 0.25) is 0 Å². The Labute approximate surface area is 90.6 Å². The van der Waals surface area contributed by atoms with Crippen molar-refractivity contribution in [2.24, 2.45) is 0 Å². The number of hydrogen-bond donors (Lipinski definition) is 3. The molecule has 0 heterocycles. The molecule has 2 radical (unpaired) electrons. The Morgan fingerprint density at radius 2 is 1.14 bits per heavy atom. The molecule has 0 fully saturated rings. The van der Waals surface area contributed by atoms with E-state index in [2.05, 4.69) is 0 Å². The molecule has 36 valence electrons. The smallest absolute Gasteiger partial charge is 0.303 e. The fourth-order valence-corrected chi connectivity index (χ4v) is 0. The normalized spacial score (nSPS) is 8.43. The first-order valence-electron chi connectivity index (χ1n) is 0.783. The molecule has 0 unspecified atom stereocenters. The first-order chi connectivity index (χ1) is 2.00. The van der Waals surface area contributed by atoms with Crippen molar-refractivity contribution >= 4 is 53.3 Å². The summed E-state index contributed by atoms with van der Waals surface area (Å²) >= 11 is 0. The van der Waals surface area contributed by atoms with Crippen LogP contribution >= 0.6 is 7.82 Å². The van der Waals surface area contributed by atoms with E-state index in [-0.39, 0.29) is 65.0 Å². The monoisotopic (exact) mass is 250 g/mol. The van der Waals surface area contributed by atoms with Crippen LogP contribution in [-0.2, 0) is 24.0 Å².